The lowest BCUT2D eigenvalue weighted by molar-refractivity contribution is 0.561. The average molecular weight is 259 g/mol. The lowest BCUT2D eigenvalue weighted by Gasteiger charge is -2.16. The second-order valence-electron chi connectivity index (χ2n) is 4.64. The van der Waals surface area contributed by atoms with Crippen LogP contribution in [0.1, 0.15) is 29.2 Å². The van der Waals surface area contributed by atoms with E-state index in [9.17, 15) is 0 Å². The van der Waals surface area contributed by atoms with Crippen LogP contribution in [-0.4, -0.2) is 13.6 Å². The van der Waals surface area contributed by atoms with Gasteiger partial charge >= 0.3 is 0 Å². The summed E-state index contributed by atoms with van der Waals surface area (Å²) in [6.07, 6.45) is 3.73. The number of thiophene rings is 1. The van der Waals surface area contributed by atoms with Crippen LogP contribution < -0.4 is 5.32 Å². The quantitative estimate of drug-likeness (QED) is 0.790. The first-order valence-corrected chi connectivity index (χ1v) is 7.50. The van der Waals surface area contributed by atoms with E-state index in [0.29, 0.717) is 5.92 Å². The molecule has 2 aromatic rings. The van der Waals surface area contributed by atoms with Gasteiger partial charge in [0.1, 0.15) is 0 Å². The van der Waals surface area contributed by atoms with Crippen LogP contribution in [0.15, 0.2) is 47.8 Å². The molecule has 1 aromatic carbocycles. The lowest BCUT2D eigenvalue weighted by Crippen LogP contribution is -2.17. The normalized spacial score (nSPS) is 12.5. The number of nitrogens with one attached hydrogen (secondary N) is 1. The second-order valence-corrected chi connectivity index (χ2v) is 5.67. The Morgan fingerprint density at radius 3 is 2.61 bits per heavy atom. The van der Waals surface area contributed by atoms with Gasteiger partial charge in [-0.1, -0.05) is 36.4 Å². The first-order valence-electron chi connectivity index (χ1n) is 6.62. The minimum atomic E-state index is 0.635. The van der Waals surface area contributed by atoms with Crippen molar-refractivity contribution < 1.29 is 0 Å². The highest BCUT2D eigenvalue weighted by molar-refractivity contribution is 7.09. The fraction of sp³-hybridized carbons (Fsp3) is 0.375. The maximum atomic E-state index is 3.31. The van der Waals surface area contributed by atoms with Crippen molar-refractivity contribution in [3.8, 4) is 0 Å². The van der Waals surface area contributed by atoms with Crippen molar-refractivity contribution in [1.82, 2.24) is 5.32 Å². The zero-order chi connectivity index (χ0) is 12.6. The van der Waals surface area contributed by atoms with E-state index in [0.717, 1.165) is 6.54 Å². The average Bonchev–Trinajstić information content (AvgIpc) is 2.92. The minimum absolute atomic E-state index is 0.635. The Bertz CT molecular complexity index is 422. The molecule has 96 valence electrons. The highest BCUT2D eigenvalue weighted by Crippen LogP contribution is 2.22. The molecule has 0 spiro atoms. The molecule has 0 aliphatic carbocycles. The predicted molar refractivity (Wildman–Crippen MR) is 80.4 cm³/mol. The fourth-order valence-electron chi connectivity index (χ4n) is 2.34. The molecule has 1 N–H and O–H groups in total. The molecule has 1 nitrogen and oxygen atoms in total. The summed E-state index contributed by atoms with van der Waals surface area (Å²) in [6, 6.07) is 15.2. The van der Waals surface area contributed by atoms with Crippen LogP contribution in [0.25, 0.3) is 0 Å². The molecular weight excluding hydrogens is 238 g/mol. The molecule has 2 heteroatoms. The molecule has 18 heavy (non-hydrogen) atoms. The Morgan fingerprint density at radius 2 is 1.94 bits per heavy atom. The van der Waals surface area contributed by atoms with Crippen molar-refractivity contribution in [1.29, 1.82) is 0 Å². The van der Waals surface area contributed by atoms with Crippen LogP contribution >= 0.6 is 11.3 Å². The number of likely N-dealkylation sites (N-methyl/N-ethyl adjacent to an activating group) is 1. The van der Waals surface area contributed by atoms with Gasteiger partial charge in [-0.3, -0.25) is 0 Å². The first-order chi connectivity index (χ1) is 8.90. The largest absolute Gasteiger partial charge is 0.319 e. The number of benzene rings is 1. The van der Waals surface area contributed by atoms with Gasteiger partial charge in [-0.2, -0.15) is 0 Å². The zero-order valence-corrected chi connectivity index (χ0v) is 11.7. The van der Waals surface area contributed by atoms with Crippen molar-refractivity contribution in [2.24, 2.45) is 0 Å². The smallest absolute Gasteiger partial charge is 0.00452 e. The molecule has 0 aliphatic heterocycles. The maximum Gasteiger partial charge on any atom is 0.00452 e. The van der Waals surface area contributed by atoms with Crippen molar-refractivity contribution >= 4 is 11.3 Å². The van der Waals surface area contributed by atoms with E-state index in [1.54, 1.807) is 0 Å². The predicted octanol–water partition coefficient (Wildman–Crippen LogP) is 4.07. The standard InChI is InChI=1S/C16H21NS/c1-17-13-15(14-7-3-2-4-8-14)9-5-10-16-11-6-12-18-16/h2-4,6-8,11-12,15,17H,5,9-10,13H2,1H3. The highest BCUT2D eigenvalue weighted by atomic mass is 32.1. The molecule has 1 atom stereocenters. The van der Waals surface area contributed by atoms with Crippen LogP contribution in [0.2, 0.25) is 0 Å². The van der Waals surface area contributed by atoms with Crippen LogP contribution in [0.3, 0.4) is 0 Å². The summed E-state index contributed by atoms with van der Waals surface area (Å²) >= 11 is 1.87. The van der Waals surface area contributed by atoms with Gasteiger partial charge in [-0.25, -0.2) is 0 Å². The number of rotatable bonds is 7. The summed E-state index contributed by atoms with van der Waals surface area (Å²) in [7, 11) is 2.04. The molecule has 1 aromatic heterocycles. The first kappa shape index (κ1) is 13.3. The van der Waals surface area contributed by atoms with Gasteiger partial charge in [0.05, 0.1) is 0 Å². The third kappa shape index (κ3) is 3.97. The SMILES string of the molecule is CNCC(CCCc1cccs1)c1ccccc1. The summed E-state index contributed by atoms with van der Waals surface area (Å²) in [6.45, 7) is 1.06. The Hall–Kier alpha value is -1.12. The van der Waals surface area contributed by atoms with E-state index in [1.807, 2.05) is 18.4 Å². The van der Waals surface area contributed by atoms with Gasteiger partial charge < -0.3 is 5.32 Å². The molecule has 0 saturated carbocycles. The molecule has 0 bridgehead atoms. The topological polar surface area (TPSA) is 12.0 Å². The van der Waals surface area contributed by atoms with Crippen LogP contribution in [-0.2, 0) is 6.42 Å². The van der Waals surface area contributed by atoms with Gasteiger partial charge in [0.25, 0.3) is 0 Å². The summed E-state index contributed by atoms with van der Waals surface area (Å²) in [5, 5.41) is 5.48. The zero-order valence-electron chi connectivity index (χ0n) is 10.9. The van der Waals surface area contributed by atoms with Crippen molar-refractivity contribution in [3.05, 3.63) is 58.3 Å². The maximum absolute atomic E-state index is 3.31. The van der Waals surface area contributed by atoms with E-state index in [2.05, 4.69) is 53.2 Å². The van der Waals surface area contributed by atoms with Gasteiger partial charge in [0.2, 0.25) is 0 Å². The van der Waals surface area contributed by atoms with Gasteiger partial charge in [-0.15, -0.1) is 11.3 Å². The second kappa shape index (κ2) is 7.34. The highest BCUT2D eigenvalue weighted by Gasteiger charge is 2.10. The fourth-order valence-corrected chi connectivity index (χ4v) is 3.09. The molecule has 0 fully saturated rings. The Kier molecular flexibility index (Phi) is 5.43. The lowest BCUT2D eigenvalue weighted by atomic mass is 9.93. The van der Waals surface area contributed by atoms with Crippen molar-refractivity contribution in [2.45, 2.75) is 25.2 Å². The number of aryl methyl sites for hydroxylation is 1. The van der Waals surface area contributed by atoms with Gasteiger partial charge in [0.15, 0.2) is 0 Å². The molecule has 0 amide bonds. The van der Waals surface area contributed by atoms with Gasteiger partial charge in [-0.05, 0) is 49.2 Å². The van der Waals surface area contributed by atoms with Crippen molar-refractivity contribution in [2.75, 3.05) is 13.6 Å². The van der Waals surface area contributed by atoms with E-state index < -0.39 is 0 Å². The number of hydrogen-bond donors (Lipinski definition) is 1. The number of hydrogen-bond acceptors (Lipinski definition) is 2. The van der Waals surface area contributed by atoms with E-state index in [1.165, 1.54) is 29.7 Å². The summed E-state index contributed by atoms with van der Waals surface area (Å²) in [5.74, 6) is 0.635. The molecule has 0 saturated heterocycles. The van der Waals surface area contributed by atoms with Crippen LogP contribution in [0.4, 0.5) is 0 Å². The Balaban J connectivity index is 1.87. The van der Waals surface area contributed by atoms with Gasteiger partial charge in [0, 0.05) is 11.4 Å². The Morgan fingerprint density at radius 1 is 1.11 bits per heavy atom. The molecule has 1 unspecified atom stereocenters. The van der Waals surface area contributed by atoms with Crippen molar-refractivity contribution in [3.63, 3.8) is 0 Å². The van der Waals surface area contributed by atoms with E-state index >= 15 is 0 Å². The third-order valence-electron chi connectivity index (χ3n) is 3.28. The molecule has 2 rings (SSSR count). The summed E-state index contributed by atoms with van der Waals surface area (Å²) in [5.41, 5.74) is 1.46. The summed E-state index contributed by atoms with van der Waals surface area (Å²) in [4.78, 5) is 1.51. The molecule has 0 radical (unpaired) electrons. The molecule has 0 aliphatic rings. The van der Waals surface area contributed by atoms with E-state index in [-0.39, 0.29) is 0 Å². The third-order valence-corrected chi connectivity index (χ3v) is 4.21. The molecular formula is C16H21NS. The molecule has 1 heterocycles. The van der Waals surface area contributed by atoms with Crippen LogP contribution in [0, 0.1) is 0 Å². The minimum Gasteiger partial charge on any atom is -0.319 e. The monoisotopic (exact) mass is 259 g/mol. The summed E-state index contributed by atoms with van der Waals surface area (Å²) < 4.78 is 0. The van der Waals surface area contributed by atoms with Crippen LogP contribution in [0.5, 0.6) is 0 Å². The Labute approximate surface area is 114 Å². The van der Waals surface area contributed by atoms with E-state index in [4.69, 9.17) is 0 Å².